The first-order valence-electron chi connectivity index (χ1n) is 12.2. The van der Waals surface area contributed by atoms with Crippen LogP contribution in [0.1, 0.15) is 57.4 Å². The Hall–Kier alpha value is -3.42. The molecule has 2 aromatic heterocycles. The number of fused-ring (bicyclic) bond motifs is 1. The zero-order valence-electron chi connectivity index (χ0n) is 20.3. The van der Waals surface area contributed by atoms with Crippen molar-refractivity contribution >= 4 is 17.5 Å². The first-order valence-corrected chi connectivity index (χ1v) is 12.2. The predicted molar refractivity (Wildman–Crippen MR) is 125 cm³/mol. The van der Waals surface area contributed by atoms with Crippen LogP contribution in [-0.2, 0) is 0 Å². The molecule has 0 radical (unpaired) electrons. The SMILES string of the molecule is CC1(C)C[C@@H](Nc2nc(Nc3cc(-n4nnnn4)c(C4CC4)cc3F)ncc2F)C[C@@H]2CC(F)(F)CN21. The van der Waals surface area contributed by atoms with E-state index in [9.17, 15) is 13.2 Å². The second-order valence-electron chi connectivity index (χ2n) is 10.8. The Labute approximate surface area is 209 Å². The van der Waals surface area contributed by atoms with Gasteiger partial charge in [-0.1, -0.05) is 0 Å². The van der Waals surface area contributed by atoms with Crippen molar-refractivity contribution in [3.05, 3.63) is 35.5 Å². The molecule has 6 rings (SSSR count). The van der Waals surface area contributed by atoms with E-state index in [1.165, 1.54) is 16.9 Å². The minimum atomic E-state index is -2.73. The summed E-state index contributed by atoms with van der Waals surface area (Å²) in [5, 5.41) is 20.5. The molecule has 1 aromatic carbocycles. The zero-order valence-corrected chi connectivity index (χ0v) is 20.3. The molecule has 2 saturated heterocycles. The Kier molecular flexibility index (Phi) is 5.55. The number of nitrogens with one attached hydrogen (secondary N) is 2. The van der Waals surface area contributed by atoms with Gasteiger partial charge in [0, 0.05) is 24.0 Å². The highest BCUT2D eigenvalue weighted by molar-refractivity contribution is 5.62. The smallest absolute Gasteiger partial charge is 0.262 e. The van der Waals surface area contributed by atoms with Gasteiger partial charge >= 0.3 is 0 Å². The van der Waals surface area contributed by atoms with Gasteiger partial charge < -0.3 is 10.6 Å². The van der Waals surface area contributed by atoms with Crippen LogP contribution >= 0.6 is 0 Å². The third-order valence-corrected chi connectivity index (χ3v) is 7.43. The van der Waals surface area contributed by atoms with Crippen molar-refractivity contribution in [2.75, 3.05) is 17.2 Å². The fraction of sp³-hybridized carbons (Fsp3) is 0.565. The van der Waals surface area contributed by atoms with Gasteiger partial charge in [0.15, 0.2) is 11.6 Å². The van der Waals surface area contributed by atoms with Gasteiger partial charge in [0.05, 0.1) is 24.1 Å². The number of benzene rings is 1. The molecule has 4 heterocycles. The lowest BCUT2D eigenvalue weighted by molar-refractivity contribution is -0.00687. The summed E-state index contributed by atoms with van der Waals surface area (Å²) in [5.74, 6) is -3.85. The van der Waals surface area contributed by atoms with E-state index in [1.807, 2.05) is 18.7 Å². The number of nitrogens with zero attached hydrogens (tertiary/aromatic N) is 8. The molecule has 37 heavy (non-hydrogen) atoms. The second-order valence-corrected chi connectivity index (χ2v) is 10.8. The lowest BCUT2D eigenvalue weighted by Crippen LogP contribution is -2.55. The summed E-state index contributed by atoms with van der Waals surface area (Å²) in [6.07, 6.45) is 3.61. The summed E-state index contributed by atoms with van der Waals surface area (Å²) in [6, 6.07) is 2.35. The Bertz CT molecular complexity index is 1310. The van der Waals surface area contributed by atoms with Gasteiger partial charge in [0.2, 0.25) is 5.95 Å². The highest BCUT2D eigenvalue weighted by atomic mass is 19.3. The lowest BCUT2D eigenvalue weighted by Gasteiger charge is -2.47. The molecule has 10 nitrogen and oxygen atoms in total. The minimum Gasteiger partial charge on any atom is -0.365 e. The molecule has 196 valence electrons. The van der Waals surface area contributed by atoms with Crippen LogP contribution in [-0.4, -0.2) is 70.6 Å². The summed E-state index contributed by atoms with van der Waals surface area (Å²) >= 11 is 0. The quantitative estimate of drug-likeness (QED) is 0.471. The molecule has 0 bridgehead atoms. The van der Waals surface area contributed by atoms with Gasteiger partial charge in [-0.05, 0) is 84.0 Å². The van der Waals surface area contributed by atoms with Gasteiger partial charge in [-0.25, -0.2) is 22.5 Å². The fourth-order valence-corrected chi connectivity index (χ4v) is 5.69. The molecule has 3 aromatic rings. The van der Waals surface area contributed by atoms with Gasteiger partial charge in [0.25, 0.3) is 5.92 Å². The topological polar surface area (TPSA) is 110 Å². The van der Waals surface area contributed by atoms with Crippen LogP contribution in [0, 0.1) is 11.6 Å². The summed E-state index contributed by atoms with van der Waals surface area (Å²) in [5.41, 5.74) is 0.839. The van der Waals surface area contributed by atoms with Gasteiger partial charge in [-0.3, -0.25) is 4.90 Å². The van der Waals surface area contributed by atoms with E-state index < -0.39 is 23.1 Å². The van der Waals surface area contributed by atoms with E-state index in [0.717, 1.165) is 24.6 Å². The van der Waals surface area contributed by atoms with Crippen molar-refractivity contribution in [3.8, 4) is 5.69 Å². The molecule has 3 aliphatic rings. The van der Waals surface area contributed by atoms with Crippen LogP contribution < -0.4 is 10.6 Å². The van der Waals surface area contributed by atoms with Crippen molar-refractivity contribution in [2.24, 2.45) is 0 Å². The second kappa shape index (κ2) is 8.57. The third kappa shape index (κ3) is 4.69. The summed E-state index contributed by atoms with van der Waals surface area (Å²) in [4.78, 5) is 11.3. The maximum absolute atomic E-state index is 15.0. The molecule has 0 unspecified atom stereocenters. The number of hydrogen-bond donors (Lipinski definition) is 2. The molecule has 2 atom stereocenters. The van der Waals surface area contributed by atoms with E-state index in [-0.39, 0.29) is 48.4 Å². The normalized spacial score (nSPS) is 24.6. The van der Waals surface area contributed by atoms with E-state index in [2.05, 4.69) is 41.5 Å². The fourth-order valence-electron chi connectivity index (χ4n) is 5.69. The Morgan fingerprint density at radius 2 is 1.78 bits per heavy atom. The third-order valence-electron chi connectivity index (χ3n) is 7.43. The lowest BCUT2D eigenvalue weighted by atomic mass is 9.84. The number of rotatable bonds is 6. The molecule has 1 saturated carbocycles. The maximum Gasteiger partial charge on any atom is 0.262 e. The molecule has 0 amide bonds. The first kappa shape index (κ1) is 23.9. The van der Waals surface area contributed by atoms with E-state index in [1.54, 1.807) is 0 Å². The van der Waals surface area contributed by atoms with Gasteiger partial charge in [0.1, 0.15) is 5.82 Å². The highest BCUT2D eigenvalue weighted by Crippen LogP contribution is 2.45. The van der Waals surface area contributed by atoms with Crippen LogP contribution in [0.15, 0.2) is 18.3 Å². The summed E-state index contributed by atoms with van der Waals surface area (Å²) in [6.45, 7) is 3.58. The van der Waals surface area contributed by atoms with Crippen molar-refractivity contribution in [2.45, 2.75) is 75.4 Å². The van der Waals surface area contributed by atoms with Crippen molar-refractivity contribution in [1.82, 2.24) is 40.5 Å². The highest BCUT2D eigenvalue weighted by Gasteiger charge is 2.53. The Balaban J connectivity index is 1.24. The zero-order chi connectivity index (χ0) is 25.9. The molecule has 14 heteroatoms. The van der Waals surface area contributed by atoms with Crippen molar-refractivity contribution in [3.63, 3.8) is 0 Å². The predicted octanol–water partition coefficient (Wildman–Crippen LogP) is 3.81. The summed E-state index contributed by atoms with van der Waals surface area (Å²) in [7, 11) is 0. The molecule has 2 N–H and O–H groups in total. The standard InChI is InChI=1S/C23H26F4N10/c1-22(2)8-13(5-14-9-23(26,27)11-36(14)22)29-20-17(25)10-28-21(31-20)30-18-7-19(37-34-32-33-35-37)15(6-16(18)24)12-3-4-12/h6-7,10,12-14H,3-5,8-9,11H2,1-2H3,(H2,28,29,30,31)/t13-,14+/m0/s1. The van der Waals surface area contributed by atoms with Crippen LogP contribution in [0.3, 0.4) is 0 Å². The number of halogens is 4. The van der Waals surface area contributed by atoms with E-state index in [4.69, 9.17) is 0 Å². The molecule has 0 spiro atoms. The maximum atomic E-state index is 15.0. The minimum absolute atomic E-state index is 0.0262. The molecule has 1 aliphatic carbocycles. The average Bonchev–Trinajstić information content (AvgIpc) is 3.41. The van der Waals surface area contributed by atoms with Crippen LogP contribution in [0.4, 0.5) is 35.0 Å². The number of hydrogen-bond acceptors (Lipinski definition) is 9. The number of alkyl halides is 2. The number of aromatic nitrogens is 7. The number of piperidine rings is 1. The van der Waals surface area contributed by atoms with Crippen molar-refractivity contribution in [1.29, 1.82) is 0 Å². The Morgan fingerprint density at radius 1 is 1.03 bits per heavy atom. The van der Waals surface area contributed by atoms with Crippen LogP contribution in [0.2, 0.25) is 0 Å². The molecular formula is C23H26F4N10. The Morgan fingerprint density at radius 3 is 2.51 bits per heavy atom. The van der Waals surface area contributed by atoms with E-state index >= 15 is 4.39 Å². The van der Waals surface area contributed by atoms with Gasteiger partial charge in [-0.15, -0.1) is 4.80 Å². The first-order chi connectivity index (χ1) is 17.6. The van der Waals surface area contributed by atoms with Crippen molar-refractivity contribution < 1.29 is 17.6 Å². The number of anilines is 3. The van der Waals surface area contributed by atoms with E-state index in [0.29, 0.717) is 18.5 Å². The summed E-state index contributed by atoms with van der Waals surface area (Å²) < 4.78 is 57.9. The van der Waals surface area contributed by atoms with Crippen LogP contribution in [0.5, 0.6) is 0 Å². The average molecular weight is 519 g/mol. The van der Waals surface area contributed by atoms with Crippen LogP contribution in [0.25, 0.3) is 5.69 Å². The van der Waals surface area contributed by atoms with Gasteiger partial charge in [-0.2, -0.15) is 4.98 Å². The molecular weight excluding hydrogens is 492 g/mol. The molecule has 2 aliphatic heterocycles. The largest absolute Gasteiger partial charge is 0.365 e. The monoisotopic (exact) mass is 518 g/mol. The molecule has 3 fully saturated rings.